The minimum Gasteiger partial charge on any atom is -0.151 e. The van der Waals surface area contributed by atoms with Gasteiger partial charge in [0.25, 0.3) is 0 Å². The van der Waals surface area contributed by atoms with E-state index in [1.807, 2.05) is 0 Å². The van der Waals surface area contributed by atoms with Gasteiger partial charge < -0.3 is 0 Å². The van der Waals surface area contributed by atoms with Crippen LogP contribution in [0.15, 0.2) is 0 Å². The van der Waals surface area contributed by atoms with Gasteiger partial charge in [0.1, 0.15) is 0 Å². The molecule has 0 aliphatic rings. The highest BCUT2D eigenvalue weighted by Crippen LogP contribution is 1.93. The van der Waals surface area contributed by atoms with Crippen molar-refractivity contribution in [3.05, 3.63) is 0 Å². The van der Waals surface area contributed by atoms with Crippen LogP contribution in [0.2, 0.25) is 13.0 Å². The van der Waals surface area contributed by atoms with Gasteiger partial charge in [-0.15, -0.1) is 0 Å². The average molecular weight is 180 g/mol. The zero-order valence-corrected chi connectivity index (χ0v) is 5.82. The molecule has 0 atom stereocenters. The number of hydrogen-bond donors (Lipinski definition) is 0. The molecular weight excluding hydrogens is 173 g/mol. The highest BCUT2D eigenvalue weighted by atomic mass is 127. The summed E-state index contributed by atoms with van der Waals surface area (Å²) in [6, 6.07) is 0. The largest absolute Gasteiger partial charge is 0.206 e. The second kappa shape index (κ2) is 3.07. The molecule has 0 aliphatic carbocycles. The number of hydrogen-bond acceptors (Lipinski definition) is 0. The molecule has 0 amide bonds. The number of rotatable bonds is 1. The Labute approximate surface area is 48.1 Å². The summed E-state index contributed by atoms with van der Waals surface area (Å²) in [7, 11) is 2.19. The van der Waals surface area contributed by atoms with Gasteiger partial charge in [-0.2, -0.15) is 22.4 Å². The van der Waals surface area contributed by atoms with Gasteiger partial charge in [0, 0.05) is 0 Å². The molecule has 0 fully saturated rings. The van der Waals surface area contributed by atoms with E-state index in [-0.39, 0.29) is 0 Å². The van der Waals surface area contributed by atoms with Gasteiger partial charge in [-0.3, -0.25) is 0 Å². The second-order valence-corrected chi connectivity index (χ2v) is 3.32. The minimum atomic E-state index is 0.854. The Balaban J connectivity index is 2.54. The van der Waals surface area contributed by atoms with Gasteiger partial charge in [0.2, 0.25) is 4.57 Å². The summed E-state index contributed by atoms with van der Waals surface area (Å²) in [4.78, 5) is 0. The Bertz CT molecular complexity index is 21.6. The Kier molecular flexibility index (Phi) is 3.59. The molecular formula is C2H7B2I. The monoisotopic (exact) mass is 180 g/mol. The van der Waals surface area contributed by atoms with Crippen molar-refractivity contribution in [3.8, 4) is 0 Å². The first kappa shape index (κ1) is 5.86. The Morgan fingerprint density at radius 2 is 2.20 bits per heavy atom. The fourth-order valence-electron chi connectivity index (χ4n) is 0. The molecule has 5 heavy (non-hydrogen) atoms. The third-order valence-corrected chi connectivity index (χ3v) is 1.44. The highest BCUT2D eigenvalue weighted by molar-refractivity contribution is 14.1. The molecule has 0 aromatic carbocycles. The van der Waals surface area contributed by atoms with Crippen molar-refractivity contribution in [1.29, 1.82) is 0 Å². The third-order valence-electron chi connectivity index (χ3n) is 0.563. The zero-order valence-electron chi connectivity index (χ0n) is 3.66. The van der Waals surface area contributed by atoms with Crippen molar-refractivity contribution in [2.75, 3.05) is 0 Å². The van der Waals surface area contributed by atoms with E-state index in [4.69, 9.17) is 0 Å². The molecule has 3 heteroatoms. The van der Waals surface area contributed by atoms with Crippen molar-refractivity contribution in [2.24, 2.45) is 0 Å². The Morgan fingerprint density at radius 3 is 2.20 bits per heavy atom. The molecule has 0 bridgehead atoms. The molecule has 0 heterocycles. The first-order valence-electron chi connectivity index (χ1n) is 1.91. The van der Waals surface area contributed by atoms with Crippen molar-refractivity contribution in [1.82, 2.24) is 0 Å². The Hall–Kier alpha value is 0.860. The van der Waals surface area contributed by atoms with Crippen molar-refractivity contribution in [3.63, 3.8) is 0 Å². The van der Waals surface area contributed by atoms with Gasteiger partial charge in [-0.1, -0.05) is 13.0 Å². The molecule has 0 N–H and O–H groups in total. The number of halogens is 1. The van der Waals surface area contributed by atoms with Crippen LogP contribution in [0.3, 0.4) is 0 Å². The van der Waals surface area contributed by atoms with E-state index in [1.165, 1.54) is 6.22 Å². The van der Waals surface area contributed by atoms with E-state index >= 15 is 0 Å². The standard InChI is InChI=1S/C2H7B2I/c1-4(5)2-3/h2-3H2,1H3. The summed E-state index contributed by atoms with van der Waals surface area (Å²) < 4.78 is 0.854. The molecule has 0 aromatic rings. The molecule has 0 saturated heterocycles. The van der Waals surface area contributed by atoms with Crippen LogP contribution in [0.5, 0.6) is 0 Å². The van der Waals surface area contributed by atoms with E-state index < -0.39 is 0 Å². The molecule has 0 rings (SSSR count). The fraction of sp³-hybridized carbons (Fsp3) is 1.00. The van der Waals surface area contributed by atoms with Crippen LogP contribution in [0.4, 0.5) is 0 Å². The lowest BCUT2D eigenvalue weighted by atomic mass is 9.68. The van der Waals surface area contributed by atoms with Crippen LogP contribution >= 0.6 is 22.4 Å². The summed E-state index contributed by atoms with van der Waals surface area (Å²) in [6.45, 7) is 2.21. The van der Waals surface area contributed by atoms with Crippen LogP contribution in [-0.2, 0) is 0 Å². The third kappa shape index (κ3) is 4.86. The maximum absolute atomic E-state index is 2.41. The van der Waals surface area contributed by atoms with E-state index in [0.717, 1.165) is 4.57 Å². The van der Waals surface area contributed by atoms with E-state index in [9.17, 15) is 0 Å². The highest BCUT2D eigenvalue weighted by Gasteiger charge is 1.90. The van der Waals surface area contributed by atoms with Crippen molar-refractivity contribution >= 4 is 34.8 Å². The minimum absolute atomic E-state index is 0.854. The molecule has 0 radical (unpaired) electrons. The predicted molar refractivity (Wildman–Crippen MR) is 39.0 cm³/mol. The first-order chi connectivity index (χ1) is 2.27. The van der Waals surface area contributed by atoms with Crippen LogP contribution in [-0.4, -0.2) is 12.4 Å². The molecule has 0 nitrogen and oxygen atoms in total. The lowest BCUT2D eigenvalue weighted by Gasteiger charge is -1.81. The predicted octanol–water partition coefficient (Wildman–Crippen LogP) is 0.633. The van der Waals surface area contributed by atoms with Gasteiger partial charge in [-0.05, 0) is 0 Å². The van der Waals surface area contributed by atoms with E-state index in [1.54, 1.807) is 0 Å². The maximum atomic E-state index is 2.41. The molecule has 0 saturated carbocycles. The van der Waals surface area contributed by atoms with Crippen molar-refractivity contribution < 1.29 is 0 Å². The summed E-state index contributed by atoms with van der Waals surface area (Å²) in [5.74, 6) is 0. The maximum Gasteiger partial charge on any atom is 0.206 e. The quantitative estimate of drug-likeness (QED) is 0.409. The van der Waals surface area contributed by atoms with Crippen LogP contribution < -0.4 is 0 Å². The molecule has 28 valence electrons. The molecule has 0 aromatic heterocycles. The van der Waals surface area contributed by atoms with Crippen LogP contribution in [0, 0.1) is 0 Å². The normalized spacial score (nSPS) is 7.60. The summed E-state index contributed by atoms with van der Waals surface area (Å²) in [6.07, 6.45) is 1.29. The summed E-state index contributed by atoms with van der Waals surface area (Å²) in [5.41, 5.74) is 0. The average Bonchev–Trinajstić information content (AvgIpc) is 1.38. The van der Waals surface area contributed by atoms with Gasteiger partial charge in [-0.25, -0.2) is 0 Å². The van der Waals surface area contributed by atoms with E-state index in [2.05, 4.69) is 37.0 Å². The molecule has 0 spiro atoms. The van der Waals surface area contributed by atoms with Gasteiger partial charge >= 0.3 is 0 Å². The van der Waals surface area contributed by atoms with Crippen LogP contribution in [0.1, 0.15) is 0 Å². The second-order valence-electron chi connectivity index (χ2n) is 1.19. The first-order valence-corrected chi connectivity index (χ1v) is 3.16. The topological polar surface area (TPSA) is 0 Å². The zero-order chi connectivity index (χ0) is 4.28. The molecule has 0 unspecified atom stereocenters. The molecule has 0 aliphatic heterocycles. The summed E-state index contributed by atoms with van der Waals surface area (Å²) >= 11 is 2.41. The summed E-state index contributed by atoms with van der Waals surface area (Å²) in [5, 5.41) is 0. The lowest BCUT2D eigenvalue weighted by molar-refractivity contribution is 1.99. The smallest absolute Gasteiger partial charge is 0.151 e. The fourth-order valence-corrected chi connectivity index (χ4v) is 0. The van der Waals surface area contributed by atoms with Crippen LogP contribution in [0.25, 0.3) is 0 Å². The SMILES string of the molecule is BCB(C)I. The van der Waals surface area contributed by atoms with Gasteiger partial charge in [0.15, 0.2) is 0 Å². The van der Waals surface area contributed by atoms with E-state index in [0.29, 0.717) is 0 Å². The Morgan fingerprint density at radius 1 is 2.00 bits per heavy atom. The van der Waals surface area contributed by atoms with Crippen molar-refractivity contribution in [2.45, 2.75) is 13.0 Å². The lowest BCUT2D eigenvalue weighted by Crippen LogP contribution is -1.90. The van der Waals surface area contributed by atoms with Gasteiger partial charge in [0.05, 0.1) is 7.85 Å².